The van der Waals surface area contributed by atoms with Crippen molar-refractivity contribution in [3.8, 4) is 0 Å². The number of rotatable bonds is 2. The van der Waals surface area contributed by atoms with Gasteiger partial charge in [0.2, 0.25) is 0 Å². The van der Waals surface area contributed by atoms with Gasteiger partial charge in [-0.1, -0.05) is 19.9 Å². The van der Waals surface area contributed by atoms with Crippen molar-refractivity contribution in [2.75, 3.05) is 0 Å². The van der Waals surface area contributed by atoms with Gasteiger partial charge in [-0.15, -0.1) is 0 Å². The normalized spacial score (nSPS) is 12.6. The molecule has 0 saturated carbocycles. The van der Waals surface area contributed by atoms with E-state index in [2.05, 4.69) is 5.10 Å². The second-order valence-corrected chi connectivity index (χ2v) is 4.41. The van der Waals surface area contributed by atoms with Crippen molar-refractivity contribution >= 4 is 10.9 Å². The molecule has 0 radical (unpaired) electrons. The van der Waals surface area contributed by atoms with Gasteiger partial charge in [0.15, 0.2) is 0 Å². The SMILES string of the molecule is CC(C)c1ccc2nn(CC(F)(F)F)cc2c1. The summed E-state index contributed by atoms with van der Waals surface area (Å²) in [4.78, 5) is 0. The second-order valence-electron chi connectivity index (χ2n) is 4.41. The number of nitrogens with zero attached hydrogens (tertiary/aromatic N) is 2. The fraction of sp³-hybridized carbons (Fsp3) is 0.417. The first-order chi connectivity index (χ1) is 7.85. The van der Waals surface area contributed by atoms with Gasteiger partial charge >= 0.3 is 6.18 Å². The molecule has 17 heavy (non-hydrogen) atoms. The molecule has 0 amide bonds. The molecule has 5 heteroatoms. The van der Waals surface area contributed by atoms with Crippen LogP contribution in [-0.4, -0.2) is 16.0 Å². The van der Waals surface area contributed by atoms with Gasteiger partial charge in [0.25, 0.3) is 0 Å². The van der Waals surface area contributed by atoms with E-state index in [1.165, 1.54) is 6.20 Å². The van der Waals surface area contributed by atoms with Crippen LogP contribution >= 0.6 is 0 Å². The average molecular weight is 242 g/mol. The first-order valence-corrected chi connectivity index (χ1v) is 5.39. The number of alkyl halides is 3. The summed E-state index contributed by atoms with van der Waals surface area (Å²) in [6.07, 6.45) is -2.79. The van der Waals surface area contributed by atoms with Crippen LogP contribution < -0.4 is 0 Å². The average Bonchev–Trinajstić information content (AvgIpc) is 2.54. The van der Waals surface area contributed by atoms with Gasteiger partial charge in [-0.25, -0.2) is 0 Å². The van der Waals surface area contributed by atoms with Crippen molar-refractivity contribution in [1.29, 1.82) is 0 Å². The highest BCUT2D eigenvalue weighted by Crippen LogP contribution is 2.22. The van der Waals surface area contributed by atoms with Gasteiger partial charge in [0.05, 0.1) is 5.52 Å². The maximum absolute atomic E-state index is 12.2. The van der Waals surface area contributed by atoms with Crippen molar-refractivity contribution in [2.24, 2.45) is 0 Å². The lowest BCUT2D eigenvalue weighted by molar-refractivity contribution is -0.142. The number of hydrogen-bond acceptors (Lipinski definition) is 1. The monoisotopic (exact) mass is 242 g/mol. The number of benzene rings is 1. The highest BCUT2D eigenvalue weighted by Gasteiger charge is 2.28. The largest absolute Gasteiger partial charge is 0.408 e. The third kappa shape index (κ3) is 2.78. The van der Waals surface area contributed by atoms with E-state index in [0.717, 1.165) is 15.6 Å². The molecule has 2 rings (SSSR count). The number of aromatic nitrogens is 2. The van der Waals surface area contributed by atoms with Crippen molar-refractivity contribution in [1.82, 2.24) is 9.78 Å². The lowest BCUT2D eigenvalue weighted by atomic mass is 10.0. The van der Waals surface area contributed by atoms with Crippen molar-refractivity contribution < 1.29 is 13.2 Å². The van der Waals surface area contributed by atoms with E-state index in [1.807, 2.05) is 26.0 Å². The minimum absolute atomic E-state index is 0.352. The van der Waals surface area contributed by atoms with Gasteiger partial charge in [-0.05, 0) is 23.6 Å². The molecule has 0 unspecified atom stereocenters. The fourth-order valence-electron chi connectivity index (χ4n) is 1.72. The molecule has 0 aliphatic heterocycles. The molecule has 2 aromatic rings. The Labute approximate surface area is 97.0 Å². The van der Waals surface area contributed by atoms with Crippen LogP contribution in [0.1, 0.15) is 25.3 Å². The lowest BCUT2D eigenvalue weighted by Crippen LogP contribution is -2.17. The van der Waals surface area contributed by atoms with Crippen LogP contribution in [0.3, 0.4) is 0 Å². The summed E-state index contributed by atoms with van der Waals surface area (Å²) in [5.41, 5.74) is 1.70. The van der Waals surface area contributed by atoms with E-state index in [1.54, 1.807) is 6.07 Å². The number of hydrogen-bond donors (Lipinski definition) is 0. The highest BCUT2D eigenvalue weighted by molar-refractivity contribution is 5.78. The lowest BCUT2D eigenvalue weighted by Gasteiger charge is -2.04. The van der Waals surface area contributed by atoms with E-state index in [0.29, 0.717) is 11.4 Å². The van der Waals surface area contributed by atoms with E-state index >= 15 is 0 Å². The standard InChI is InChI=1S/C12H13F3N2/c1-8(2)9-3-4-11-10(5-9)6-17(16-11)7-12(13,14)15/h3-6,8H,7H2,1-2H3. The summed E-state index contributed by atoms with van der Waals surface area (Å²) >= 11 is 0. The first kappa shape index (κ1) is 12.0. The van der Waals surface area contributed by atoms with Crippen LogP contribution in [0, 0.1) is 0 Å². The molecule has 0 bridgehead atoms. The Kier molecular flexibility index (Phi) is 2.85. The van der Waals surface area contributed by atoms with Crippen molar-refractivity contribution in [2.45, 2.75) is 32.5 Å². The van der Waals surface area contributed by atoms with Crippen LogP contribution in [0.25, 0.3) is 10.9 Å². The highest BCUT2D eigenvalue weighted by atomic mass is 19.4. The smallest absolute Gasteiger partial charge is 0.262 e. The van der Waals surface area contributed by atoms with Gasteiger partial charge in [0.1, 0.15) is 6.54 Å². The van der Waals surface area contributed by atoms with Crippen molar-refractivity contribution in [3.63, 3.8) is 0 Å². The van der Waals surface area contributed by atoms with Crippen LogP contribution in [-0.2, 0) is 6.54 Å². The molecular formula is C12H13F3N2. The topological polar surface area (TPSA) is 17.8 Å². The molecule has 0 aliphatic rings. The molecule has 0 saturated heterocycles. The van der Waals surface area contributed by atoms with Gasteiger partial charge in [-0.3, -0.25) is 4.68 Å². The Morgan fingerprint density at radius 1 is 1.29 bits per heavy atom. The predicted molar refractivity (Wildman–Crippen MR) is 59.9 cm³/mol. The first-order valence-electron chi connectivity index (χ1n) is 5.39. The molecule has 0 aliphatic carbocycles. The van der Waals surface area contributed by atoms with Crippen LogP contribution in [0.2, 0.25) is 0 Å². The van der Waals surface area contributed by atoms with Gasteiger partial charge in [0, 0.05) is 11.6 Å². The number of halogens is 3. The maximum Gasteiger partial charge on any atom is 0.408 e. The fourth-order valence-corrected chi connectivity index (χ4v) is 1.72. The molecule has 1 heterocycles. The summed E-state index contributed by atoms with van der Waals surface area (Å²) in [5.74, 6) is 0.352. The van der Waals surface area contributed by atoms with E-state index < -0.39 is 12.7 Å². The zero-order valence-corrected chi connectivity index (χ0v) is 9.62. The Morgan fingerprint density at radius 3 is 2.59 bits per heavy atom. The molecule has 2 nitrogen and oxygen atoms in total. The summed E-state index contributed by atoms with van der Waals surface area (Å²) in [7, 11) is 0. The van der Waals surface area contributed by atoms with Crippen molar-refractivity contribution in [3.05, 3.63) is 30.0 Å². The Bertz CT molecular complexity index is 526. The Morgan fingerprint density at radius 2 is 2.00 bits per heavy atom. The second kappa shape index (κ2) is 4.05. The third-order valence-electron chi connectivity index (χ3n) is 2.58. The molecular weight excluding hydrogens is 229 g/mol. The predicted octanol–water partition coefficient (Wildman–Crippen LogP) is 3.72. The zero-order valence-electron chi connectivity index (χ0n) is 9.62. The minimum atomic E-state index is -4.23. The molecule has 0 atom stereocenters. The van der Waals surface area contributed by atoms with E-state index in [4.69, 9.17) is 0 Å². The Hall–Kier alpha value is -1.52. The zero-order chi connectivity index (χ0) is 12.6. The quantitative estimate of drug-likeness (QED) is 0.784. The van der Waals surface area contributed by atoms with Gasteiger partial charge in [-0.2, -0.15) is 18.3 Å². The van der Waals surface area contributed by atoms with E-state index in [-0.39, 0.29) is 0 Å². The van der Waals surface area contributed by atoms with Crippen LogP contribution in [0.15, 0.2) is 24.4 Å². The molecule has 0 N–H and O–H groups in total. The molecule has 1 aromatic carbocycles. The van der Waals surface area contributed by atoms with Crippen LogP contribution in [0.4, 0.5) is 13.2 Å². The number of fused-ring (bicyclic) bond motifs is 1. The van der Waals surface area contributed by atoms with E-state index in [9.17, 15) is 13.2 Å². The van der Waals surface area contributed by atoms with Crippen LogP contribution in [0.5, 0.6) is 0 Å². The minimum Gasteiger partial charge on any atom is -0.262 e. The molecule has 92 valence electrons. The summed E-state index contributed by atoms with van der Waals surface area (Å²) < 4.78 is 37.6. The summed E-state index contributed by atoms with van der Waals surface area (Å²) in [6.45, 7) is 3.04. The molecule has 0 spiro atoms. The summed E-state index contributed by atoms with van der Waals surface area (Å²) in [6, 6.07) is 5.55. The summed E-state index contributed by atoms with van der Waals surface area (Å²) in [5, 5.41) is 4.65. The Balaban J connectivity index is 2.37. The maximum atomic E-state index is 12.2. The third-order valence-corrected chi connectivity index (χ3v) is 2.58. The molecule has 0 fully saturated rings. The van der Waals surface area contributed by atoms with Gasteiger partial charge < -0.3 is 0 Å². The molecule has 1 aromatic heterocycles.